The molecule has 0 unspecified atom stereocenters. The lowest BCUT2D eigenvalue weighted by Crippen LogP contribution is -2.37. The molecule has 1 aromatic rings. The first-order valence-electron chi connectivity index (χ1n) is 5.79. The van der Waals surface area contributed by atoms with Gasteiger partial charge in [-0.05, 0) is 25.5 Å². The summed E-state index contributed by atoms with van der Waals surface area (Å²) in [6.07, 6.45) is -0.232. The van der Waals surface area contributed by atoms with Crippen molar-refractivity contribution in [3.05, 3.63) is 29.8 Å². The van der Waals surface area contributed by atoms with Gasteiger partial charge in [0, 0.05) is 13.1 Å². The Kier molecular flexibility index (Phi) is 4.90. The summed E-state index contributed by atoms with van der Waals surface area (Å²) < 4.78 is 27.7. The zero-order chi connectivity index (χ0) is 14.6. The molecule has 0 aliphatic heterocycles. The van der Waals surface area contributed by atoms with Gasteiger partial charge in [0.05, 0.1) is 12.1 Å². The molecule has 0 saturated carbocycles. The summed E-state index contributed by atoms with van der Waals surface area (Å²) in [7, 11) is -2.22. The van der Waals surface area contributed by atoms with Crippen molar-refractivity contribution in [2.45, 2.75) is 26.3 Å². The van der Waals surface area contributed by atoms with Crippen LogP contribution in [0.4, 0.5) is 5.69 Å². The monoisotopic (exact) mass is 286 g/mol. The van der Waals surface area contributed by atoms with E-state index in [4.69, 9.17) is 5.11 Å². The molecular formula is C12H18N2O4S. The van der Waals surface area contributed by atoms with Gasteiger partial charge in [0.1, 0.15) is 0 Å². The highest BCUT2D eigenvalue weighted by atomic mass is 32.2. The highest BCUT2D eigenvalue weighted by Crippen LogP contribution is 2.18. The second-order valence-electron chi connectivity index (χ2n) is 4.44. The maximum Gasteiger partial charge on any atom is 0.307 e. The molecule has 0 spiro atoms. The summed E-state index contributed by atoms with van der Waals surface area (Å²) in [5.41, 5.74) is 0.716. The van der Waals surface area contributed by atoms with Gasteiger partial charge in [-0.1, -0.05) is 18.2 Å². The van der Waals surface area contributed by atoms with Crippen LogP contribution < -0.4 is 4.72 Å². The standard InChI is InChI=1S/C12H18N2O4S/c1-9(2)14(3)19(17,18)13-11-7-5-4-6-10(11)8-12(15)16/h4-7,9,13H,8H2,1-3H3,(H,15,16). The first kappa shape index (κ1) is 15.5. The van der Waals surface area contributed by atoms with E-state index >= 15 is 0 Å². The SMILES string of the molecule is CC(C)N(C)S(=O)(=O)Nc1ccccc1CC(=O)O. The van der Waals surface area contributed by atoms with Gasteiger partial charge in [-0.15, -0.1) is 0 Å². The lowest BCUT2D eigenvalue weighted by molar-refractivity contribution is -0.136. The number of rotatable bonds is 6. The number of benzene rings is 1. The number of aliphatic carboxylic acids is 1. The molecule has 6 nitrogen and oxygen atoms in total. The van der Waals surface area contributed by atoms with Crippen molar-refractivity contribution in [1.29, 1.82) is 0 Å². The van der Waals surface area contributed by atoms with Crippen molar-refractivity contribution < 1.29 is 18.3 Å². The van der Waals surface area contributed by atoms with E-state index in [-0.39, 0.29) is 18.2 Å². The molecule has 0 amide bonds. The Morgan fingerprint density at radius 1 is 1.37 bits per heavy atom. The van der Waals surface area contributed by atoms with Crippen LogP contribution in [0, 0.1) is 0 Å². The van der Waals surface area contributed by atoms with E-state index in [1.54, 1.807) is 38.1 Å². The van der Waals surface area contributed by atoms with E-state index in [2.05, 4.69) is 4.72 Å². The molecule has 0 heterocycles. The van der Waals surface area contributed by atoms with Crippen LogP contribution in [-0.4, -0.2) is 36.9 Å². The minimum atomic E-state index is -3.68. The maximum atomic E-state index is 12.0. The molecule has 106 valence electrons. The Labute approximate surface area is 113 Å². The van der Waals surface area contributed by atoms with Crippen LogP contribution in [0.2, 0.25) is 0 Å². The zero-order valence-electron chi connectivity index (χ0n) is 11.1. The van der Waals surface area contributed by atoms with Crippen LogP contribution in [0.15, 0.2) is 24.3 Å². The number of hydrogen-bond donors (Lipinski definition) is 2. The summed E-state index contributed by atoms with van der Waals surface area (Å²) in [5, 5.41) is 8.80. The van der Waals surface area contributed by atoms with Crippen LogP contribution in [0.25, 0.3) is 0 Å². The summed E-state index contributed by atoms with van der Waals surface area (Å²) in [4.78, 5) is 10.7. The Hall–Kier alpha value is -1.60. The molecular weight excluding hydrogens is 268 g/mol. The number of para-hydroxylation sites is 1. The first-order valence-corrected chi connectivity index (χ1v) is 7.23. The molecule has 7 heteroatoms. The number of hydrogen-bond acceptors (Lipinski definition) is 3. The van der Waals surface area contributed by atoms with Gasteiger partial charge in [0.2, 0.25) is 0 Å². The summed E-state index contributed by atoms with van der Waals surface area (Å²) in [6.45, 7) is 3.50. The average Bonchev–Trinajstić information content (AvgIpc) is 2.29. The van der Waals surface area contributed by atoms with E-state index in [1.807, 2.05) is 0 Å². The van der Waals surface area contributed by atoms with Gasteiger partial charge in [0.15, 0.2) is 0 Å². The van der Waals surface area contributed by atoms with Crippen LogP contribution in [0.1, 0.15) is 19.4 Å². The van der Waals surface area contributed by atoms with Crippen molar-refractivity contribution >= 4 is 21.9 Å². The molecule has 0 saturated heterocycles. The molecule has 0 atom stereocenters. The largest absolute Gasteiger partial charge is 0.481 e. The number of carbonyl (C=O) groups is 1. The van der Waals surface area contributed by atoms with E-state index in [9.17, 15) is 13.2 Å². The van der Waals surface area contributed by atoms with Crippen molar-refractivity contribution in [2.24, 2.45) is 0 Å². The normalized spacial score (nSPS) is 11.8. The molecule has 0 bridgehead atoms. The van der Waals surface area contributed by atoms with E-state index < -0.39 is 16.2 Å². The van der Waals surface area contributed by atoms with Gasteiger partial charge in [0.25, 0.3) is 0 Å². The van der Waals surface area contributed by atoms with Gasteiger partial charge in [-0.25, -0.2) is 0 Å². The minimum absolute atomic E-state index is 0.191. The third-order valence-corrected chi connectivity index (χ3v) is 4.36. The third-order valence-electron chi connectivity index (χ3n) is 2.70. The van der Waals surface area contributed by atoms with Gasteiger partial charge in [-0.3, -0.25) is 9.52 Å². The lowest BCUT2D eigenvalue weighted by atomic mass is 10.1. The predicted molar refractivity (Wildman–Crippen MR) is 73.2 cm³/mol. The molecule has 2 N–H and O–H groups in total. The average molecular weight is 286 g/mol. The number of carboxylic acids is 1. The Balaban J connectivity index is 3.03. The van der Waals surface area contributed by atoms with Crippen LogP contribution in [0.5, 0.6) is 0 Å². The van der Waals surface area contributed by atoms with Crippen molar-refractivity contribution in [3.63, 3.8) is 0 Å². The Bertz CT molecular complexity index is 555. The van der Waals surface area contributed by atoms with Crippen LogP contribution in [0.3, 0.4) is 0 Å². The van der Waals surface area contributed by atoms with E-state index in [0.29, 0.717) is 5.56 Å². The summed E-state index contributed by atoms with van der Waals surface area (Å²) in [5.74, 6) is -1.01. The molecule has 0 aromatic heterocycles. The van der Waals surface area contributed by atoms with Crippen LogP contribution in [-0.2, 0) is 21.4 Å². The fourth-order valence-electron chi connectivity index (χ4n) is 1.43. The lowest BCUT2D eigenvalue weighted by Gasteiger charge is -2.22. The van der Waals surface area contributed by atoms with Crippen molar-refractivity contribution in [3.8, 4) is 0 Å². The molecule has 1 aromatic carbocycles. The van der Waals surface area contributed by atoms with Gasteiger partial charge < -0.3 is 5.11 Å². The molecule has 1 rings (SSSR count). The molecule has 19 heavy (non-hydrogen) atoms. The zero-order valence-corrected chi connectivity index (χ0v) is 11.9. The van der Waals surface area contributed by atoms with Crippen molar-refractivity contribution in [1.82, 2.24) is 4.31 Å². The molecule has 0 aliphatic rings. The Morgan fingerprint density at radius 2 is 1.95 bits per heavy atom. The van der Waals surface area contributed by atoms with Gasteiger partial charge in [-0.2, -0.15) is 12.7 Å². The topological polar surface area (TPSA) is 86.7 Å². The van der Waals surface area contributed by atoms with Crippen molar-refractivity contribution in [2.75, 3.05) is 11.8 Å². The number of anilines is 1. The maximum absolute atomic E-state index is 12.0. The van der Waals surface area contributed by atoms with Gasteiger partial charge >= 0.3 is 16.2 Å². The molecule has 0 radical (unpaired) electrons. The molecule has 0 fully saturated rings. The first-order chi connectivity index (χ1) is 8.74. The number of nitrogens with one attached hydrogen (secondary N) is 1. The Morgan fingerprint density at radius 3 is 2.47 bits per heavy atom. The summed E-state index contributed by atoms with van der Waals surface area (Å²) >= 11 is 0. The number of carboxylic acid groups (broad SMARTS) is 1. The smallest absolute Gasteiger partial charge is 0.307 e. The predicted octanol–water partition coefficient (Wildman–Crippen LogP) is 1.31. The fraction of sp³-hybridized carbons (Fsp3) is 0.417. The third kappa shape index (κ3) is 4.22. The quantitative estimate of drug-likeness (QED) is 0.825. The fourth-order valence-corrected chi connectivity index (χ4v) is 2.60. The highest BCUT2D eigenvalue weighted by molar-refractivity contribution is 7.90. The summed E-state index contributed by atoms with van der Waals surface area (Å²) in [6, 6.07) is 6.26. The van der Waals surface area contributed by atoms with E-state index in [1.165, 1.54) is 11.4 Å². The minimum Gasteiger partial charge on any atom is -0.481 e. The highest BCUT2D eigenvalue weighted by Gasteiger charge is 2.21. The second-order valence-corrected chi connectivity index (χ2v) is 6.17. The second kappa shape index (κ2) is 6.03. The molecule has 0 aliphatic carbocycles. The van der Waals surface area contributed by atoms with E-state index in [0.717, 1.165) is 0 Å². The number of nitrogens with zero attached hydrogens (tertiary/aromatic N) is 1. The van der Waals surface area contributed by atoms with Crippen LogP contribution >= 0.6 is 0 Å².